The number of unbranched alkanes of at least 4 members (excludes halogenated alkanes) is 1. The molecule has 23 heavy (non-hydrogen) atoms. The summed E-state index contributed by atoms with van der Waals surface area (Å²) in [6.45, 7) is 2.18. The molecule has 0 saturated heterocycles. The maximum absolute atomic E-state index is 11.5. The number of benzene rings is 2. The van der Waals surface area contributed by atoms with Crippen molar-refractivity contribution >= 4 is 29.3 Å². The molecule has 2 aromatic carbocycles. The van der Waals surface area contributed by atoms with Crippen LogP contribution in [0.3, 0.4) is 0 Å². The molecule has 0 heterocycles. The largest absolute Gasteiger partial charge is 0.480 e. The van der Waals surface area contributed by atoms with Gasteiger partial charge >= 0.3 is 5.97 Å². The van der Waals surface area contributed by atoms with Crippen LogP contribution in [-0.2, 0) is 17.6 Å². The fraction of sp³-hybridized carbons (Fsp3) is 0.316. The molecule has 2 aromatic rings. The van der Waals surface area contributed by atoms with Crippen molar-refractivity contribution in [1.29, 1.82) is 0 Å². The van der Waals surface area contributed by atoms with E-state index in [-0.39, 0.29) is 0 Å². The Hall–Kier alpha value is -1.45. The number of aliphatic carboxylic acids is 1. The van der Waals surface area contributed by atoms with Gasteiger partial charge in [0, 0.05) is 9.92 Å². The average Bonchev–Trinajstić information content (AvgIpc) is 2.55. The van der Waals surface area contributed by atoms with Crippen molar-refractivity contribution in [1.82, 2.24) is 0 Å². The summed E-state index contributed by atoms with van der Waals surface area (Å²) in [5.41, 5.74) is 2.37. The van der Waals surface area contributed by atoms with Gasteiger partial charge in [-0.2, -0.15) is 0 Å². The minimum Gasteiger partial charge on any atom is -0.480 e. The van der Waals surface area contributed by atoms with E-state index in [2.05, 4.69) is 19.1 Å². The van der Waals surface area contributed by atoms with Crippen LogP contribution < -0.4 is 0 Å². The third-order valence-electron chi connectivity index (χ3n) is 3.63. The number of hydrogen-bond donors (Lipinski definition) is 1. The van der Waals surface area contributed by atoms with Crippen molar-refractivity contribution in [3.05, 3.63) is 64.7 Å². The van der Waals surface area contributed by atoms with Crippen LogP contribution in [0.5, 0.6) is 0 Å². The molecule has 0 spiro atoms. The lowest BCUT2D eigenvalue weighted by Crippen LogP contribution is -2.19. The van der Waals surface area contributed by atoms with E-state index >= 15 is 0 Å². The molecule has 2 nitrogen and oxygen atoms in total. The zero-order chi connectivity index (χ0) is 16.7. The van der Waals surface area contributed by atoms with E-state index in [1.54, 1.807) is 12.1 Å². The van der Waals surface area contributed by atoms with E-state index in [1.807, 2.05) is 24.3 Å². The van der Waals surface area contributed by atoms with E-state index in [4.69, 9.17) is 11.6 Å². The zero-order valence-electron chi connectivity index (χ0n) is 13.2. The van der Waals surface area contributed by atoms with Gasteiger partial charge in [-0.15, -0.1) is 11.8 Å². The van der Waals surface area contributed by atoms with Crippen LogP contribution in [0.1, 0.15) is 30.9 Å². The van der Waals surface area contributed by atoms with Gasteiger partial charge in [-0.05, 0) is 54.7 Å². The second kappa shape index (κ2) is 8.99. The van der Waals surface area contributed by atoms with Gasteiger partial charge < -0.3 is 5.11 Å². The number of carbonyl (C=O) groups is 1. The molecular formula is C19H21ClO2S. The Morgan fingerprint density at radius 2 is 1.70 bits per heavy atom. The molecule has 0 aliphatic carbocycles. The third kappa shape index (κ3) is 5.92. The molecule has 0 aliphatic rings. The second-order valence-corrected chi connectivity index (χ2v) is 7.24. The first-order chi connectivity index (χ1) is 11.1. The normalized spacial score (nSPS) is 12.1. The van der Waals surface area contributed by atoms with E-state index in [9.17, 15) is 9.90 Å². The van der Waals surface area contributed by atoms with E-state index in [0.29, 0.717) is 11.4 Å². The maximum atomic E-state index is 11.5. The van der Waals surface area contributed by atoms with Gasteiger partial charge in [-0.3, -0.25) is 4.79 Å². The molecule has 1 N–H and O–H groups in total. The first kappa shape index (κ1) is 17.9. The number of halogens is 1. The predicted octanol–water partition coefficient (Wildman–Crippen LogP) is 5.47. The Labute approximate surface area is 146 Å². The Balaban J connectivity index is 2.01. The number of carboxylic acid groups (broad SMARTS) is 1. The molecule has 0 aromatic heterocycles. The van der Waals surface area contributed by atoms with Gasteiger partial charge in [0.05, 0.1) is 0 Å². The topological polar surface area (TPSA) is 37.3 Å². The van der Waals surface area contributed by atoms with Gasteiger partial charge in [0.15, 0.2) is 0 Å². The highest BCUT2D eigenvalue weighted by molar-refractivity contribution is 8.00. The smallest absolute Gasteiger partial charge is 0.317 e. The SMILES string of the molecule is CCCCc1ccc(C[C@@H](Sc2ccc(Cl)cc2)C(=O)O)cc1. The summed E-state index contributed by atoms with van der Waals surface area (Å²) in [5, 5.41) is 9.63. The van der Waals surface area contributed by atoms with Crippen LogP contribution >= 0.6 is 23.4 Å². The van der Waals surface area contributed by atoms with Crippen molar-refractivity contribution in [2.24, 2.45) is 0 Å². The van der Waals surface area contributed by atoms with Crippen LogP contribution in [0, 0.1) is 0 Å². The van der Waals surface area contributed by atoms with E-state index in [1.165, 1.54) is 30.2 Å². The number of carboxylic acids is 1. The number of aryl methyl sites for hydroxylation is 1. The fourth-order valence-corrected chi connectivity index (χ4v) is 3.42. The molecule has 2 rings (SSSR count). The summed E-state index contributed by atoms with van der Waals surface area (Å²) in [6, 6.07) is 15.6. The van der Waals surface area contributed by atoms with Crippen molar-refractivity contribution in [3.63, 3.8) is 0 Å². The maximum Gasteiger partial charge on any atom is 0.317 e. The molecule has 0 bridgehead atoms. The molecule has 4 heteroatoms. The summed E-state index contributed by atoms with van der Waals surface area (Å²) >= 11 is 7.23. The van der Waals surface area contributed by atoms with Crippen molar-refractivity contribution in [2.75, 3.05) is 0 Å². The van der Waals surface area contributed by atoms with Crippen LogP contribution in [0.2, 0.25) is 5.02 Å². The van der Waals surface area contributed by atoms with Crippen molar-refractivity contribution < 1.29 is 9.90 Å². The Morgan fingerprint density at radius 1 is 1.09 bits per heavy atom. The number of thioether (sulfide) groups is 1. The predicted molar refractivity (Wildman–Crippen MR) is 97.5 cm³/mol. The Bertz CT molecular complexity index is 623. The molecule has 1 atom stereocenters. The molecule has 122 valence electrons. The summed E-state index contributed by atoms with van der Waals surface area (Å²) in [7, 11) is 0. The van der Waals surface area contributed by atoms with Gasteiger partial charge in [-0.25, -0.2) is 0 Å². The van der Waals surface area contributed by atoms with Crippen molar-refractivity contribution in [3.8, 4) is 0 Å². The monoisotopic (exact) mass is 348 g/mol. The third-order valence-corrected chi connectivity index (χ3v) is 5.08. The van der Waals surface area contributed by atoms with E-state index in [0.717, 1.165) is 16.9 Å². The summed E-state index contributed by atoms with van der Waals surface area (Å²) in [4.78, 5) is 12.5. The second-order valence-electron chi connectivity index (χ2n) is 5.52. The number of hydrogen-bond acceptors (Lipinski definition) is 2. The fourth-order valence-electron chi connectivity index (χ4n) is 2.29. The van der Waals surface area contributed by atoms with Crippen LogP contribution in [0.4, 0.5) is 0 Å². The molecule has 0 aliphatic heterocycles. The first-order valence-electron chi connectivity index (χ1n) is 7.81. The molecule has 0 saturated carbocycles. The van der Waals surface area contributed by atoms with Crippen LogP contribution in [0.15, 0.2) is 53.4 Å². The minimum atomic E-state index is -0.792. The van der Waals surface area contributed by atoms with Crippen molar-refractivity contribution in [2.45, 2.75) is 42.8 Å². The van der Waals surface area contributed by atoms with Gasteiger partial charge in [0.2, 0.25) is 0 Å². The van der Waals surface area contributed by atoms with Gasteiger partial charge in [-0.1, -0.05) is 49.2 Å². The van der Waals surface area contributed by atoms with E-state index < -0.39 is 11.2 Å². The van der Waals surface area contributed by atoms with Gasteiger partial charge in [0.1, 0.15) is 5.25 Å². The molecule has 0 radical (unpaired) electrons. The lowest BCUT2D eigenvalue weighted by atomic mass is 10.0. The standard InChI is InChI=1S/C19H21ClO2S/c1-2-3-4-14-5-7-15(8-6-14)13-18(19(21)22)23-17-11-9-16(20)10-12-17/h5-12,18H,2-4,13H2,1H3,(H,21,22)/t18-/m1/s1. The quantitative estimate of drug-likeness (QED) is 0.642. The van der Waals surface area contributed by atoms with Crippen LogP contribution in [0.25, 0.3) is 0 Å². The van der Waals surface area contributed by atoms with Crippen LogP contribution in [-0.4, -0.2) is 16.3 Å². The first-order valence-corrected chi connectivity index (χ1v) is 9.07. The highest BCUT2D eigenvalue weighted by Gasteiger charge is 2.19. The molecule has 0 unspecified atom stereocenters. The summed E-state index contributed by atoms with van der Waals surface area (Å²) < 4.78 is 0. The highest BCUT2D eigenvalue weighted by atomic mass is 35.5. The lowest BCUT2D eigenvalue weighted by Gasteiger charge is -2.13. The zero-order valence-corrected chi connectivity index (χ0v) is 14.7. The highest BCUT2D eigenvalue weighted by Crippen LogP contribution is 2.27. The summed E-state index contributed by atoms with van der Waals surface area (Å²) in [6.07, 6.45) is 3.96. The Morgan fingerprint density at radius 3 is 2.26 bits per heavy atom. The summed E-state index contributed by atoms with van der Waals surface area (Å²) in [5.74, 6) is -0.792. The average molecular weight is 349 g/mol. The molecule has 0 amide bonds. The molecule has 0 fully saturated rings. The number of rotatable bonds is 8. The Kier molecular flexibility index (Phi) is 7.00. The minimum absolute atomic E-state index is 0.502. The lowest BCUT2D eigenvalue weighted by molar-refractivity contribution is -0.136. The van der Waals surface area contributed by atoms with Gasteiger partial charge in [0.25, 0.3) is 0 Å². The molecular weight excluding hydrogens is 328 g/mol.